The molecule has 4 rings (SSSR count). The quantitative estimate of drug-likeness (QED) is 0.676. The number of para-hydroxylation sites is 1. The summed E-state index contributed by atoms with van der Waals surface area (Å²) >= 11 is 0. The highest BCUT2D eigenvalue weighted by Gasteiger charge is 2.43. The molecule has 0 radical (unpaired) electrons. The summed E-state index contributed by atoms with van der Waals surface area (Å²) in [5.41, 5.74) is 1.71. The molecule has 0 spiro atoms. The Labute approximate surface area is 133 Å². The summed E-state index contributed by atoms with van der Waals surface area (Å²) in [6.07, 6.45) is 7.70. The van der Waals surface area contributed by atoms with Gasteiger partial charge in [0.15, 0.2) is 0 Å². The number of benzene rings is 1. The number of anilines is 1. The Morgan fingerprint density at radius 3 is 3.04 bits per heavy atom. The van der Waals surface area contributed by atoms with Crippen LogP contribution in [-0.4, -0.2) is 32.6 Å². The summed E-state index contributed by atoms with van der Waals surface area (Å²) in [5, 5.41) is 18.0. The number of rotatable bonds is 5. The van der Waals surface area contributed by atoms with Crippen LogP contribution < -0.4 is 10.6 Å². The lowest BCUT2D eigenvalue weighted by atomic mass is 10.1. The van der Waals surface area contributed by atoms with E-state index in [1.54, 1.807) is 12.4 Å². The third-order valence-electron chi connectivity index (χ3n) is 4.36. The second-order valence-corrected chi connectivity index (χ2v) is 6.15. The predicted molar refractivity (Wildman–Crippen MR) is 87.0 cm³/mol. The summed E-state index contributed by atoms with van der Waals surface area (Å²) in [4.78, 5) is 12.2. The van der Waals surface area contributed by atoms with Crippen LogP contribution in [0.25, 0.3) is 10.9 Å². The van der Waals surface area contributed by atoms with Crippen LogP contribution in [0.4, 0.5) is 10.5 Å². The standard InChI is InChI=1S/C16H18N6O/c23-15(20-13-4-1-3-12-9-18-21-14(12)13)17-10-16(5-6-16)11-22-8-2-7-19-22/h1-4,7-9H,5-6,10-11H2,(H,18,21)(H2,17,20,23). The number of nitrogens with zero attached hydrogens (tertiary/aromatic N) is 3. The normalized spacial score (nSPS) is 15.5. The van der Waals surface area contributed by atoms with Crippen molar-refractivity contribution in [1.82, 2.24) is 25.3 Å². The maximum atomic E-state index is 12.2. The summed E-state index contributed by atoms with van der Waals surface area (Å²) < 4.78 is 1.93. The fourth-order valence-corrected chi connectivity index (χ4v) is 2.81. The molecule has 1 saturated carbocycles. The Kier molecular flexibility index (Phi) is 3.25. The fraction of sp³-hybridized carbons (Fsp3) is 0.312. The first-order valence-electron chi connectivity index (χ1n) is 7.69. The molecule has 0 saturated heterocycles. The van der Waals surface area contributed by atoms with Gasteiger partial charge in [0, 0.05) is 36.3 Å². The van der Waals surface area contributed by atoms with Crippen molar-refractivity contribution < 1.29 is 4.79 Å². The molecule has 1 aliphatic rings. The van der Waals surface area contributed by atoms with E-state index in [0.29, 0.717) is 6.54 Å². The highest BCUT2D eigenvalue weighted by molar-refractivity contribution is 5.99. The second kappa shape index (κ2) is 5.42. The second-order valence-electron chi connectivity index (χ2n) is 6.15. The first-order valence-corrected chi connectivity index (χ1v) is 7.69. The summed E-state index contributed by atoms with van der Waals surface area (Å²) in [7, 11) is 0. The average Bonchev–Trinajstić information content (AvgIpc) is 2.94. The molecule has 118 valence electrons. The highest BCUT2D eigenvalue weighted by atomic mass is 16.2. The minimum atomic E-state index is -0.196. The topological polar surface area (TPSA) is 87.6 Å². The van der Waals surface area contributed by atoms with E-state index in [1.165, 1.54) is 0 Å². The zero-order valence-corrected chi connectivity index (χ0v) is 12.6. The third kappa shape index (κ3) is 2.90. The molecule has 0 bridgehead atoms. The van der Waals surface area contributed by atoms with Crippen LogP contribution in [0.1, 0.15) is 12.8 Å². The van der Waals surface area contributed by atoms with E-state index in [2.05, 4.69) is 25.9 Å². The van der Waals surface area contributed by atoms with Crippen LogP contribution in [-0.2, 0) is 6.54 Å². The molecule has 2 heterocycles. The lowest BCUT2D eigenvalue weighted by Crippen LogP contribution is -2.35. The van der Waals surface area contributed by atoms with Crippen molar-refractivity contribution in [3.63, 3.8) is 0 Å². The van der Waals surface area contributed by atoms with Crippen molar-refractivity contribution >= 4 is 22.6 Å². The molecule has 7 heteroatoms. The smallest absolute Gasteiger partial charge is 0.319 e. The number of hydrogen-bond donors (Lipinski definition) is 3. The Bertz CT molecular complexity index is 818. The lowest BCUT2D eigenvalue weighted by molar-refractivity contribution is 0.248. The largest absolute Gasteiger partial charge is 0.337 e. The minimum absolute atomic E-state index is 0.142. The third-order valence-corrected chi connectivity index (χ3v) is 4.36. The van der Waals surface area contributed by atoms with Crippen molar-refractivity contribution in [2.45, 2.75) is 19.4 Å². The molecule has 1 aliphatic carbocycles. The molecule has 2 aromatic heterocycles. The van der Waals surface area contributed by atoms with Gasteiger partial charge in [-0.3, -0.25) is 9.78 Å². The highest BCUT2D eigenvalue weighted by Crippen LogP contribution is 2.46. The zero-order chi connectivity index (χ0) is 15.7. The Hall–Kier alpha value is -2.83. The predicted octanol–water partition coefficient (Wildman–Crippen LogP) is 2.36. The van der Waals surface area contributed by atoms with Gasteiger partial charge in [-0.25, -0.2) is 4.79 Å². The lowest BCUT2D eigenvalue weighted by Gasteiger charge is -2.16. The van der Waals surface area contributed by atoms with E-state index in [-0.39, 0.29) is 11.4 Å². The van der Waals surface area contributed by atoms with E-state index in [0.717, 1.165) is 36.0 Å². The maximum Gasteiger partial charge on any atom is 0.319 e. The van der Waals surface area contributed by atoms with Gasteiger partial charge in [-0.2, -0.15) is 10.2 Å². The number of urea groups is 1. The molecule has 1 fully saturated rings. The molecular formula is C16H18N6O. The first kappa shape index (κ1) is 13.8. The van der Waals surface area contributed by atoms with Crippen molar-refractivity contribution in [2.75, 3.05) is 11.9 Å². The van der Waals surface area contributed by atoms with Gasteiger partial charge < -0.3 is 10.6 Å². The van der Waals surface area contributed by atoms with E-state index in [4.69, 9.17) is 0 Å². The van der Waals surface area contributed by atoms with E-state index in [9.17, 15) is 4.79 Å². The molecule has 1 aromatic carbocycles. The number of aromatic nitrogens is 4. The number of aromatic amines is 1. The molecule has 0 aliphatic heterocycles. The summed E-state index contributed by atoms with van der Waals surface area (Å²) in [6, 6.07) is 7.43. The average molecular weight is 310 g/mol. The Morgan fingerprint density at radius 2 is 2.26 bits per heavy atom. The molecule has 23 heavy (non-hydrogen) atoms. The fourth-order valence-electron chi connectivity index (χ4n) is 2.81. The molecule has 0 atom stereocenters. The van der Waals surface area contributed by atoms with Crippen molar-refractivity contribution in [2.24, 2.45) is 5.41 Å². The van der Waals surface area contributed by atoms with Gasteiger partial charge in [0.2, 0.25) is 0 Å². The maximum absolute atomic E-state index is 12.2. The van der Waals surface area contributed by atoms with E-state index < -0.39 is 0 Å². The number of nitrogens with one attached hydrogen (secondary N) is 3. The first-order chi connectivity index (χ1) is 11.2. The summed E-state index contributed by atoms with van der Waals surface area (Å²) in [6.45, 7) is 1.49. The number of carbonyl (C=O) groups excluding carboxylic acids is 1. The van der Waals surface area contributed by atoms with Crippen LogP contribution in [0.3, 0.4) is 0 Å². The number of fused-ring (bicyclic) bond motifs is 1. The monoisotopic (exact) mass is 310 g/mol. The van der Waals surface area contributed by atoms with Gasteiger partial charge in [-0.1, -0.05) is 12.1 Å². The van der Waals surface area contributed by atoms with Crippen molar-refractivity contribution in [3.05, 3.63) is 42.9 Å². The molecular weight excluding hydrogens is 292 g/mol. The number of carbonyl (C=O) groups is 1. The van der Waals surface area contributed by atoms with Gasteiger partial charge in [0.25, 0.3) is 0 Å². The molecule has 0 unspecified atom stereocenters. The number of amides is 2. The van der Waals surface area contributed by atoms with Crippen LogP contribution in [0.2, 0.25) is 0 Å². The van der Waals surface area contributed by atoms with Crippen LogP contribution in [0.5, 0.6) is 0 Å². The van der Waals surface area contributed by atoms with Crippen molar-refractivity contribution in [1.29, 1.82) is 0 Å². The molecule has 7 nitrogen and oxygen atoms in total. The van der Waals surface area contributed by atoms with Crippen LogP contribution in [0.15, 0.2) is 42.9 Å². The Morgan fingerprint density at radius 1 is 1.35 bits per heavy atom. The number of hydrogen-bond acceptors (Lipinski definition) is 3. The van der Waals surface area contributed by atoms with E-state index in [1.807, 2.05) is 35.1 Å². The van der Waals surface area contributed by atoms with E-state index >= 15 is 0 Å². The van der Waals surface area contributed by atoms with Gasteiger partial charge in [0.1, 0.15) is 0 Å². The van der Waals surface area contributed by atoms with Crippen LogP contribution >= 0.6 is 0 Å². The minimum Gasteiger partial charge on any atom is -0.337 e. The van der Waals surface area contributed by atoms with Gasteiger partial charge in [-0.15, -0.1) is 0 Å². The molecule has 2 amide bonds. The molecule has 3 N–H and O–H groups in total. The van der Waals surface area contributed by atoms with Gasteiger partial charge in [0.05, 0.1) is 17.4 Å². The van der Waals surface area contributed by atoms with Crippen molar-refractivity contribution in [3.8, 4) is 0 Å². The van der Waals surface area contributed by atoms with Gasteiger partial charge in [-0.05, 0) is 25.0 Å². The van der Waals surface area contributed by atoms with Gasteiger partial charge >= 0.3 is 6.03 Å². The number of H-pyrrole nitrogens is 1. The summed E-state index contributed by atoms with van der Waals surface area (Å²) in [5.74, 6) is 0. The Balaban J connectivity index is 1.36. The van der Waals surface area contributed by atoms with Crippen LogP contribution in [0, 0.1) is 5.41 Å². The SMILES string of the molecule is O=C(NCC1(Cn2cccn2)CC1)Nc1cccc2cn[nH]c12. The molecule has 3 aromatic rings. The zero-order valence-electron chi connectivity index (χ0n) is 12.6.